The maximum Gasteiger partial charge on any atom is 0.256 e. The van der Waals surface area contributed by atoms with Crippen molar-refractivity contribution in [2.45, 2.75) is 19.9 Å². The molecule has 104 valence electrons. The highest BCUT2D eigenvalue weighted by molar-refractivity contribution is 7.80. The topological polar surface area (TPSA) is 72.9 Å². The molecule has 0 atom stereocenters. The van der Waals surface area contributed by atoms with Gasteiger partial charge in [-0.25, -0.2) is 4.68 Å². The third-order valence-corrected chi connectivity index (χ3v) is 3.05. The summed E-state index contributed by atoms with van der Waals surface area (Å²) in [6.07, 6.45) is 1.65. The lowest BCUT2D eigenvalue weighted by molar-refractivity contribution is 0.102. The van der Waals surface area contributed by atoms with Gasteiger partial charge in [0.2, 0.25) is 0 Å². The largest absolute Gasteiger partial charge is 0.389 e. The third-order valence-electron chi connectivity index (χ3n) is 2.81. The van der Waals surface area contributed by atoms with E-state index in [1.165, 1.54) is 0 Å². The van der Waals surface area contributed by atoms with Crippen LogP contribution in [-0.4, -0.2) is 20.7 Å². The molecule has 1 aromatic heterocycles. The first kappa shape index (κ1) is 14.2. The number of aromatic nitrogens is 2. The van der Waals surface area contributed by atoms with Crippen LogP contribution in [0.5, 0.6) is 0 Å². The van der Waals surface area contributed by atoms with E-state index in [0.717, 1.165) is 0 Å². The van der Waals surface area contributed by atoms with Gasteiger partial charge in [0, 0.05) is 23.2 Å². The normalized spacial score (nSPS) is 10.6. The van der Waals surface area contributed by atoms with E-state index >= 15 is 0 Å². The molecule has 2 rings (SSSR count). The summed E-state index contributed by atoms with van der Waals surface area (Å²) in [5.41, 5.74) is 6.75. The van der Waals surface area contributed by atoms with E-state index in [1.54, 1.807) is 41.2 Å². The van der Waals surface area contributed by atoms with Crippen molar-refractivity contribution in [2.24, 2.45) is 5.73 Å². The molecule has 0 aliphatic heterocycles. The first-order valence-electron chi connectivity index (χ1n) is 6.24. The van der Waals surface area contributed by atoms with Gasteiger partial charge in [0.25, 0.3) is 5.91 Å². The minimum Gasteiger partial charge on any atom is -0.389 e. The summed E-state index contributed by atoms with van der Waals surface area (Å²) in [6.45, 7) is 3.99. The Morgan fingerprint density at radius 1 is 1.35 bits per heavy atom. The lowest BCUT2D eigenvalue weighted by atomic mass is 10.1. The monoisotopic (exact) mass is 288 g/mol. The summed E-state index contributed by atoms with van der Waals surface area (Å²) >= 11 is 4.91. The van der Waals surface area contributed by atoms with E-state index in [9.17, 15) is 4.79 Å². The summed E-state index contributed by atoms with van der Waals surface area (Å²) < 4.78 is 1.75. The molecule has 0 saturated heterocycles. The van der Waals surface area contributed by atoms with Crippen LogP contribution in [0.25, 0.3) is 0 Å². The highest BCUT2D eigenvalue weighted by atomic mass is 32.1. The van der Waals surface area contributed by atoms with Crippen LogP contribution in [0.15, 0.2) is 36.5 Å². The molecular formula is C14H16N4OS. The lowest BCUT2D eigenvalue weighted by Crippen LogP contribution is -2.17. The number of hydrogen-bond acceptors (Lipinski definition) is 3. The molecule has 20 heavy (non-hydrogen) atoms. The molecular weight excluding hydrogens is 272 g/mol. The van der Waals surface area contributed by atoms with Gasteiger partial charge in [-0.15, -0.1) is 0 Å². The van der Waals surface area contributed by atoms with Gasteiger partial charge in [-0.2, -0.15) is 5.10 Å². The Bertz CT molecular complexity index is 648. The fourth-order valence-corrected chi connectivity index (χ4v) is 1.95. The van der Waals surface area contributed by atoms with Crippen molar-refractivity contribution in [1.82, 2.24) is 9.78 Å². The molecule has 0 saturated carbocycles. The Morgan fingerprint density at radius 2 is 2.05 bits per heavy atom. The average Bonchev–Trinajstić information content (AvgIpc) is 2.87. The van der Waals surface area contributed by atoms with Gasteiger partial charge in [-0.1, -0.05) is 24.4 Å². The Balaban J connectivity index is 2.22. The van der Waals surface area contributed by atoms with E-state index in [1.807, 2.05) is 13.8 Å². The highest BCUT2D eigenvalue weighted by Crippen LogP contribution is 2.15. The van der Waals surface area contributed by atoms with Gasteiger partial charge in [-0.05, 0) is 26.0 Å². The van der Waals surface area contributed by atoms with Gasteiger partial charge >= 0.3 is 0 Å². The molecule has 6 heteroatoms. The van der Waals surface area contributed by atoms with E-state index in [-0.39, 0.29) is 16.9 Å². The van der Waals surface area contributed by atoms with Crippen LogP contribution in [0.2, 0.25) is 0 Å². The number of amides is 1. The van der Waals surface area contributed by atoms with Gasteiger partial charge in [0.05, 0.1) is 6.20 Å². The summed E-state index contributed by atoms with van der Waals surface area (Å²) in [6, 6.07) is 8.85. The second-order valence-corrected chi connectivity index (χ2v) is 5.09. The number of thiocarbonyl (C=S) groups is 1. The van der Waals surface area contributed by atoms with E-state index in [0.29, 0.717) is 16.9 Å². The molecule has 0 fully saturated rings. The summed E-state index contributed by atoms with van der Waals surface area (Å²) in [5.74, 6) is 0.441. The van der Waals surface area contributed by atoms with Crippen molar-refractivity contribution in [3.05, 3.63) is 47.7 Å². The number of benzene rings is 1. The second kappa shape index (κ2) is 5.83. The Kier molecular flexibility index (Phi) is 4.14. The van der Waals surface area contributed by atoms with Crippen LogP contribution in [0.3, 0.4) is 0 Å². The molecule has 2 aromatic rings. The van der Waals surface area contributed by atoms with Crippen LogP contribution in [0.1, 0.15) is 35.8 Å². The number of carbonyl (C=O) groups is 1. The first-order valence-corrected chi connectivity index (χ1v) is 6.64. The van der Waals surface area contributed by atoms with Crippen LogP contribution >= 0.6 is 12.2 Å². The summed E-state index contributed by atoms with van der Waals surface area (Å²) in [4.78, 5) is 12.5. The highest BCUT2D eigenvalue weighted by Gasteiger charge is 2.11. The van der Waals surface area contributed by atoms with Gasteiger partial charge < -0.3 is 11.1 Å². The van der Waals surface area contributed by atoms with E-state index < -0.39 is 0 Å². The van der Waals surface area contributed by atoms with E-state index in [2.05, 4.69) is 10.4 Å². The SMILES string of the molecule is CC(C)n1nccc1NC(=O)c1cccc(C(N)=S)c1. The molecule has 0 radical (unpaired) electrons. The number of nitrogens with two attached hydrogens (primary N) is 1. The first-order chi connectivity index (χ1) is 9.49. The number of anilines is 1. The smallest absolute Gasteiger partial charge is 0.256 e. The third kappa shape index (κ3) is 3.03. The Labute approximate surface area is 122 Å². The molecule has 0 unspecified atom stereocenters. The number of rotatable bonds is 4. The predicted molar refractivity (Wildman–Crippen MR) is 82.9 cm³/mol. The fourth-order valence-electron chi connectivity index (χ4n) is 1.83. The minimum atomic E-state index is -0.217. The molecule has 3 N–H and O–H groups in total. The minimum absolute atomic E-state index is 0.170. The van der Waals surface area contributed by atoms with Gasteiger partial charge in [0.1, 0.15) is 10.8 Å². The Hall–Kier alpha value is -2.21. The maximum atomic E-state index is 12.2. The van der Waals surface area contributed by atoms with Crippen molar-refractivity contribution in [3.8, 4) is 0 Å². The molecule has 0 spiro atoms. The lowest BCUT2D eigenvalue weighted by Gasteiger charge is -2.12. The fraction of sp³-hybridized carbons (Fsp3) is 0.214. The number of nitrogens with one attached hydrogen (secondary N) is 1. The van der Waals surface area contributed by atoms with E-state index in [4.69, 9.17) is 18.0 Å². The molecule has 0 aliphatic rings. The van der Waals surface area contributed by atoms with Gasteiger partial charge in [-0.3, -0.25) is 4.79 Å². The zero-order valence-electron chi connectivity index (χ0n) is 11.3. The Morgan fingerprint density at radius 3 is 2.70 bits per heavy atom. The van der Waals surface area contributed by atoms with Crippen LogP contribution in [0, 0.1) is 0 Å². The molecule has 5 nitrogen and oxygen atoms in total. The van der Waals surface area contributed by atoms with Gasteiger partial charge in [0.15, 0.2) is 0 Å². The standard InChI is InChI=1S/C14H16N4OS/c1-9(2)18-12(6-7-16-18)17-14(19)11-5-3-4-10(8-11)13(15)20/h3-9H,1-2H3,(H2,15,20)(H,17,19). The van der Waals surface area contributed by atoms with Crippen molar-refractivity contribution in [1.29, 1.82) is 0 Å². The number of hydrogen-bond donors (Lipinski definition) is 2. The maximum absolute atomic E-state index is 12.2. The van der Waals surface area contributed by atoms with Crippen molar-refractivity contribution in [3.63, 3.8) is 0 Å². The predicted octanol–water partition coefficient (Wildman–Crippen LogP) is 2.35. The summed E-state index contributed by atoms with van der Waals surface area (Å²) in [7, 11) is 0. The zero-order chi connectivity index (χ0) is 14.7. The van der Waals surface area contributed by atoms with Crippen LogP contribution < -0.4 is 11.1 Å². The quantitative estimate of drug-likeness (QED) is 0.847. The van der Waals surface area contributed by atoms with Crippen LogP contribution in [-0.2, 0) is 0 Å². The number of carbonyl (C=O) groups excluding carboxylic acids is 1. The molecule has 1 heterocycles. The second-order valence-electron chi connectivity index (χ2n) is 4.65. The van der Waals surface area contributed by atoms with Crippen molar-refractivity contribution >= 4 is 28.9 Å². The zero-order valence-corrected chi connectivity index (χ0v) is 12.1. The summed E-state index contributed by atoms with van der Waals surface area (Å²) in [5, 5.41) is 7.00. The average molecular weight is 288 g/mol. The van der Waals surface area contributed by atoms with Crippen molar-refractivity contribution in [2.75, 3.05) is 5.32 Å². The molecule has 1 amide bonds. The molecule has 0 bridgehead atoms. The van der Waals surface area contributed by atoms with Crippen LogP contribution in [0.4, 0.5) is 5.82 Å². The number of nitrogens with zero attached hydrogens (tertiary/aromatic N) is 2. The molecule has 1 aromatic carbocycles. The molecule has 0 aliphatic carbocycles. The van der Waals surface area contributed by atoms with Crippen molar-refractivity contribution < 1.29 is 4.79 Å².